The lowest BCUT2D eigenvalue weighted by atomic mass is 10.0. The van der Waals surface area contributed by atoms with Gasteiger partial charge in [-0.05, 0) is 45.7 Å². The highest BCUT2D eigenvalue weighted by atomic mass is 35.5. The summed E-state index contributed by atoms with van der Waals surface area (Å²) in [6.07, 6.45) is 4.10. The Morgan fingerprint density at radius 2 is 1.58 bits per heavy atom. The van der Waals surface area contributed by atoms with E-state index in [1.54, 1.807) is 0 Å². The number of nitrogens with zero attached hydrogens (tertiary/aromatic N) is 2. The first-order valence-electron chi connectivity index (χ1n) is 7.05. The Hall–Kier alpha value is 0.420. The summed E-state index contributed by atoms with van der Waals surface area (Å²) in [5, 5.41) is 9.51. The van der Waals surface area contributed by atoms with Gasteiger partial charge in [-0.3, -0.25) is 4.90 Å². The van der Waals surface area contributed by atoms with E-state index in [2.05, 4.69) is 16.7 Å². The summed E-state index contributed by atoms with van der Waals surface area (Å²) >= 11 is 0. The van der Waals surface area contributed by atoms with Crippen LogP contribution in [-0.2, 0) is 0 Å². The third-order valence-corrected chi connectivity index (χ3v) is 4.28. The summed E-state index contributed by atoms with van der Waals surface area (Å²) in [5.41, 5.74) is 5.92. The van der Waals surface area contributed by atoms with Gasteiger partial charge in [0.05, 0.1) is 6.10 Å². The zero-order valence-corrected chi connectivity index (χ0v) is 13.5. The molecule has 2 aliphatic rings. The Morgan fingerprint density at radius 3 is 2.11 bits per heavy atom. The predicted molar refractivity (Wildman–Crippen MR) is 84.4 cm³/mol. The summed E-state index contributed by atoms with van der Waals surface area (Å²) in [7, 11) is 0. The van der Waals surface area contributed by atoms with Crippen LogP contribution in [0.2, 0.25) is 0 Å². The summed E-state index contributed by atoms with van der Waals surface area (Å²) < 4.78 is 0. The van der Waals surface area contributed by atoms with Gasteiger partial charge in [-0.15, -0.1) is 24.8 Å². The molecule has 0 bridgehead atoms. The van der Waals surface area contributed by atoms with Crippen molar-refractivity contribution in [3.05, 3.63) is 0 Å². The summed E-state index contributed by atoms with van der Waals surface area (Å²) in [5.74, 6) is 0. The molecule has 1 atom stereocenters. The van der Waals surface area contributed by atoms with Crippen molar-refractivity contribution in [3.8, 4) is 0 Å². The van der Waals surface area contributed by atoms with Gasteiger partial charge in [0, 0.05) is 31.7 Å². The van der Waals surface area contributed by atoms with Gasteiger partial charge < -0.3 is 15.7 Å². The number of halogens is 2. The number of hydrogen-bond acceptors (Lipinski definition) is 4. The van der Waals surface area contributed by atoms with Gasteiger partial charge in [0.25, 0.3) is 0 Å². The highest BCUT2D eigenvalue weighted by molar-refractivity contribution is 5.85. The Labute approximate surface area is 129 Å². The standard InChI is InChI=1S/C13H27N3O.2ClH/c1-11(16-8-4-13(17)5-9-16)10-15-6-2-12(14)3-7-15;;/h11-13,17H,2-10,14H2,1H3;2*1H/t11-;;/m0../s1. The van der Waals surface area contributed by atoms with Crippen molar-refractivity contribution < 1.29 is 5.11 Å². The maximum Gasteiger partial charge on any atom is 0.0564 e. The smallest absolute Gasteiger partial charge is 0.0564 e. The van der Waals surface area contributed by atoms with Gasteiger partial charge in [-0.2, -0.15) is 0 Å². The second-order valence-corrected chi connectivity index (χ2v) is 5.75. The second kappa shape index (κ2) is 9.37. The lowest BCUT2D eigenvalue weighted by Gasteiger charge is -2.38. The van der Waals surface area contributed by atoms with E-state index in [9.17, 15) is 5.11 Å². The molecule has 0 aromatic heterocycles. The van der Waals surface area contributed by atoms with Gasteiger partial charge in [-0.1, -0.05) is 0 Å². The van der Waals surface area contributed by atoms with Crippen molar-refractivity contribution in [3.63, 3.8) is 0 Å². The third kappa shape index (κ3) is 6.15. The van der Waals surface area contributed by atoms with Gasteiger partial charge in [0.2, 0.25) is 0 Å². The SMILES string of the molecule is C[C@@H](CN1CCC(N)CC1)N1CCC(O)CC1.Cl.Cl. The van der Waals surface area contributed by atoms with Crippen LogP contribution >= 0.6 is 24.8 Å². The highest BCUT2D eigenvalue weighted by Gasteiger charge is 2.24. The van der Waals surface area contributed by atoms with Gasteiger partial charge >= 0.3 is 0 Å². The lowest BCUT2D eigenvalue weighted by Crippen LogP contribution is -2.49. The molecular formula is C13H29Cl2N3O. The fourth-order valence-electron chi connectivity index (χ4n) is 2.95. The molecule has 116 valence electrons. The van der Waals surface area contributed by atoms with Crippen LogP contribution in [0, 0.1) is 0 Å². The minimum Gasteiger partial charge on any atom is -0.393 e. The van der Waals surface area contributed by atoms with Crippen LogP contribution in [0.25, 0.3) is 0 Å². The number of rotatable bonds is 3. The number of aliphatic hydroxyl groups is 1. The minimum atomic E-state index is -0.0635. The molecule has 0 aliphatic carbocycles. The van der Waals surface area contributed by atoms with E-state index >= 15 is 0 Å². The van der Waals surface area contributed by atoms with E-state index < -0.39 is 0 Å². The lowest BCUT2D eigenvalue weighted by molar-refractivity contribution is 0.0507. The van der Waals surface area contributed by atoms with Crippen molar-refractivity contribution in [2.75, 3.05) is 32.7 Å². The van der Waals surface area contributed by atoms with Crippen LogP contribution in [0.3, 0.4) is 0 Å². The molecule has 3 N–H and O–H groups in total. The molecule has 0 radical (unpaired) electrons. The average molecular weight is 314 g/mol. The first-order chi connectivity index (χ1) is 8.15. The van der Waals surface area contributed by atoms with Crippen molar-refractivity contribution in [1.29, 1.82) is 0 Å². The molecule has 2 saturated heterocycles. The zero-order valence-electron chi connectivity index (χ0n) is 11.8. The highest BCUT2D eigenvalue weighted by Crippen LogP contribution is 2.15. The van der Waals surface area contributed by atoms with E-state index in [-0.39, 0.29) is 30.9 Å². The third-order valence-electron chi connectivity index (χ3n) is 4.28. The molecule has 0 saturated carbocycles. The first kappa shape index (κ1) is 19.4. The maximum atomic E-state index is 9.51. The van der Waals surface area contributed by atoms with Crippen LogP contribution in [0.5, 0.6) is 0 Å². The number of aliphatic hydroxyl groups excluding tert-OH is 1. The molecule has 2 heterocycles. The quantitative estimate of drug-likeness (QED) is 0.819. The van der Waals surface area contributed by atoms with Crippen LogP contribution in [0.4, 0.5) is 0 Å². The largest absolute Gasteiger partial charge is 0.393 e. The molecular weight excluding hydrogens is 285 g/mol. The molecule has 0 aromatic carbocycles. The Balaban J connectivity index is 0.00000162. The average Bonchev–Trinajstić information content (AvgIpc) is 2.33. The molecule has 6 heteroatoms. The van der Waals surface area contributed by atoms with Crippen molar-refractivity contribution in [1.82, 2.24) is 9.80 Å². The van der Waals surface area contributed by atoms with Crippen molar-refractivity contribution >= 4 is 24.8 Å². The number of nitrogens with two attached hydrogens (primary N) is 1. The zero-order chi connectivity index (χ0) is 12.3. The van der Waals surface area contributed by atoms with Crippen LogP contribution < -0.4 is 5.73 Å². The Morgan fingerprint density at radius 1 is 1.05 bits per heavy atom. The molecule has 2 fully saturated rings. The Kier molecular flexibility index (Phi) is 9.58. The van der Waals surface area contributed by atoms with E-state index in [0.717, 1.165) is 58.4 Å². The fraction of sp³-hybridized carbons (Fsp3) is 1.00. The molecule has 0 amide bonds. The molecule has 0 aromatic rings. The minimum absolute atomic E-state index is 0. The summed E-state index contributed by atoms with van der Waals surface area (Å²) in [4.78, 5) is 5.06. The first-order valence-corrected chi connectivity index (χ1v) is 7.05. The summed E-state index contributed by atoms with van der Waals surface area (Å²) in [6.45, 7) is 7.88. The van der Waals surface area contributed by atoms with Crippen LogP contribution in [0.1, 0.15) is 32.6 Å². The van der Waals surface area contributed by atoms with Gasteiger partial charge in [0.15, 0.2) is 0 Å². The van der Waals surface area contributed by atoms with Gasteiger partial charge in [-0.25, -0.2) is 0 Å². The predicted octanol–water partition coefficient (Wildman–Crippen LogP) is 1.10. The molecule has 4 nitrogen and oxygen atoms in total. The number of hydrogen-bond donors (Lipinski definition) is 2. The normalized spacial score (nSPS) is 25.4. The topological polar surface area (TPSA) is 52.7 Å². The van der Waals surface area contributed by atoms with Crippen LogP contribution in [0.15, 0.2) is 0 Å². The molecule has 0 unspecified atom stereocenters. The van der Waals surface area contributed by atoms with Crippen molar-refractivity contribution in [2.45, 2.75) is 50.8 Å². The van der Waals surface area contributed by atoms with E-state index in [1.165, 1.54) is 0 Å². The molecule has 0 spiro atoms. The Bertz CT molecular complexity index is 230. The monoisotopic (exact) mass is 313 g/mol. The number of piperidine rings is 2. The molecule has 19 heavy (non-hydrogen) atoms. The fourth-order valence-corrected chi connectivity index (χ4v) is 2.95. The van der Waals surface area contributed by atoms with E-state index in [1.807, 2.05) is 0 Å². The van der Waals surface area contributed by atoms with E-state index in [4.69, 9.17) is 5.73 Å². The summed E-state index contributed by atoms with van der Waals surface area (Å²) in [6, 6.07) is 1.03. The maximum absolute atomic E-state index is 9.51. The molecule has 2 aliphatic heterocycles. The van der Waals surface area contributed by atoms with Gasteiger partial charge in [0.1, 0.15) is 0 Å². The second-order valence-electron chi connectivity index (χ2n) is 5.75. The van der Waals surface area contributed by atoms with E-state index in [0.29, 0.717) is 12.1 Å². The van der Waals surface area contributed by atoms with Crippen LogP contribution in [-0.4, -0.2) is 65.8 Å². The molecule has 2 rings (SSSR count). The van der Waals surface area contributed by atoms with Crippen molar-refractivity contribution in [2.24, 2.45) is 5.73 Å². The number of likely N-dealkylation sites (tertiary alicyclic amines) is 2.